The second-order valence-corrected chi connectivity index (χ2v) is 4.99. The molecule has 5 nitrogen and oxygen atoms in total. The number of carbonyl (C=O) groups excluding carboxylic acids is 1. The van der Waals surface area contributed by atoms with Gasteiger partial charge in [0.05, 0.1) is 0 Å². The number of alkyl carbamates (subject to hydrolysis) is 1. The number of pyridine rings is 1. The van der Waals surface area contributed by atoms with E-state index in [1.807, 2.05) is 43.3 Å². The summed E-state index contributed by atoms with van der Waals surface area (Å²) in [6.45, 7) is 2.61. The van der Waals surface area contributed by atoms with E-state index in [1.54, 1.807) is 6.07 Å². The van der Waals surface area contributed by atoms with Crippen LogP contribution in [0.25, 0.3) is 0 Å². The highest BCUT2D eigenvalue weighted by atomic mass is 16.5. The van der Waals surface area contributed by atoms with Crippen molar-refractivity contribution in [3.05, 3.63) is 59.3 Å². The molecule has 0 spiro atoms. The molecule has 23 heavy (non-hydrogen) atoms. The van der Waals surface area contributed by atoms with E-state index in [9.17, 15) is 4.79 Å². The van der Waals surface area contributed by atoms with Gasteiger partial charge >= 0.3 is 6.09 Å². The molecule has 0 aliphatic heterocycles. The molecule has 1 amide bonds. The lowest BCUT2D eigenvalue weighted by atomic mass is 10.2. The number of rotatable bonds is 4. The number of nitrogen functional groups attached to an aromatic ring is 1. The van der Waals surface area contributed by atoms with Crippen molar-refractivity contribution in [1.82, 2.24) is 10.3 Å². The summed E-state index contributed by atoms with van der Waals surface area (Å²) in [7, 11) is 0. The Morgan fingerprint density at radius 1 is 1.30 bits per heavy atom. The van der Waals surface area contributed by atoms with E-state index < -0.39 is 6.09 Å². The van der Waals surface area contributed by atoms with Crippen molar-refractivity contribution in [3.8, 4) is 11.8 Å². The molecular formula is C18H19N3O2. The molecule has 0 atom stereocenters. The van der Waals surface area contributed by atoms with E-state index in [-0.39, 0.29) is 6.61 Å². The van der Waals surface area contributed by atoms with Gasteiger partial charge in [0.15, 0.2) is 0 Å². The summed E-state index contributed by atoms with van der Waals surface area (Å²) in [5, 5.41) is 2.65. The molecule has 0 saturated heterocycles. The number of hydrogen-bond acceptors (Lipinski definition) is 4. The van der Waals surface area contributed by atoms with E-state index in [2.05, 4.69) is 22.1 Å². The van der Waals surface area contributed by atoms with Gasteiger partial charge in [-0.3, -0.25) is 0 Å². The normalized spacial score (nSPS) is 9.61. The minimum absolute atomic E-state index is 0.255. The lowest BCUT2D eigenvalue weighted by Gasteiger charge is -2.05. The third-order valence-corrected chi connectivity index (χ3v) is 2.94. The van der Waals surface area contributed by atoms with Crippen LogP contribution < -0.4 is 11.1 Å². The smallest absolute Gasteiger partial charge is 0.407 e. The molecule has 0 radical (unpaired) electrons. The Morgan fingerprint density at radius 2 is 2.09 bits per heavy atom. The number of benzene rings is 1. The van der Waals surface area contributed by atoms with Crippen LogP contribution in [0.15, 0.2) is 42.5 Å². The first-order valence-corrected chi connectivity index (χ1v) is 7.31. The minimum atomic E-state index is -0.450. The SMILES string of the molecule is Cc1cc(N)nc(C#CCCNC(=O)OCc2ccccc2)c1. The fourth-order valence-electron chi connectivity index (χ4n) is 1.91. The Bertz CT molecular complexity index is 698. The second kappa shape index (κ2) is 8.44. The Morgan fingerprint density at radius 3 is 2.83 bits per heavy atom. The molecular weight excluding hydrogens is 290 g/mol. The van der Waals surface area contributed by atoms with Crippen LogP contribution in [0, 0.1) is 18.8 Å². The fourth-order valence-corrected chi connectivity index (χ4v) is 1.91. The standard InChI is InChI=1S/C18H19N3O2/c1-14-11-16(21-17(19)12-14)9-5-6-10-20-18(22)23-13-15-7-3-2-4-8-15/h2-4,7-8,11-12H,6,10,13H2,1H3,(H2,19,21)(H,20,22). The zero-order valence-corrected chi connectivity index (χ0v) is 13.0. The zero-order chi connectivity index (χ0) is 16.5. The van der Waals surface area contributed by atoms with Crippen LogP contribution in [0.2, 0.25) is 0 Å². The number of ether oxygens (including phenoxy) is 1. The van der Waals surface area contributed by atoms with Crippen molar-refractivity contribution in [2.75, 3.05) is 12.3 Å². The molecule has 0 aliphatic rings. The third-order valence-electron chi connectivity index (χ3n) is 2.94. The van der Waals surface area contributed by atoms with Crippen molar-refractivity contribution >= 4 is 11.9 Å². The largest absolute Gasteiger partial charge is 0.445 e. The molecule has 118 valence electrons. The van der Waals surface area contributed by atoms with Crippen LogP contribution in [-0.4, -0.2) is 17.6 Å². The highest BCUT2D eigenvalue weighted by Crippen LogP contribution is 2.05. The predicted molar refractivity (Wildman–Crippen MR) is 89.5 cm³/mol. The highest BCUT2D eigenvalue weighted by Gasteiger charge is 2.00. The maximum Gasteiger partial charge on any atom is 0.407 e. The Labute approximate surface area is 135 Å². The number of nitrogens with one attached hydrogen (secondary N) is 1. The average molecular weight is 309 g/mol. The number of aromatic nitrogens is 1. The van der Waals surface area contributed by atoms with Crippen LogP contribution in [0.3, 0.4) is 0 Å². The first kappa shape index (κ1) is 16.4. The number of nitrogens with two attached hydrogens (primary N) is 1. The number of aryl methyl sites for hydroxylation is 1. The van der Waals surface area contributed by atoms with E-state index in [4.69, 9.17) is 10.5 Å². The van der Waals surface area contributed by atoms with Crippen molar-refractivity contribution < 1.29 is 9.53 Å². The third kappa shape index (κ3) is 6.10. The lowest BCUT2D eigenvalue weighted by Crippen LogP contribution is -2.24. The highest BCUT2D eigenvalue weighted by molar-refractivity contribution is 5.67. The number of hydrogen-bond donors (Lipinski definition) is 2. The summed E-state index contributed by atoms with van der Waals surface area (Å²) < 4.78 is 5.10. The van der Waals surface area contributed by atoms with Gasteiger partial charge in [0.1, 0.15) is 18.1 Å². The molecule has 0 bridgehead atoms. The number of anilines is 1. The number of carbonyl (C=O) groups is 1. The van der Waals surface area contributed by atoms with Gasteiger partial charge in [-0.05, 0) is 36.1 Å². The quantitative estimate of drug-likeness (QED) is 0.672. The first-order chi connectivity index (χ1) is 11.1. The van der Waals surface area contributed by atoms with E-state index in [0.717, 1.165) is 11.1 Å². The van der Waals surface area contributed by atoms with Crippen LogP contribution in [0.5, 0.6) is 0 Å². The van der Waals surface area contributed by atoms with Gasteiger partial charge in [-0.1, -0.05) is 36.3 Å². The molecule has 1 heterocycles. The van der Waals surface area contributed by atoms with Crippen molar-refractivity contribution in [3.63, 3.8) is 0 Å². The molecule has 5 heteroatoms. The summed E-state index contributed by atoms with van der Waals surface area (Å²) in [6, 6.07) is 13.2. The van der Waals surface area contributed by atoms with Crippen LogP contribution in [0.1, 0.15) is 23.2 Å². The summed E-state index contributed by atoms with van der Waals surface area (Å²) in [4.78, 5) is 15.7. The van der Waals surface area contributed by atoms with Crippen LogP contribution in [-0.2, 0) is 11.3 Å². The van der Waals surface area contributed by atoms with E-state index in [1.165, 1.54) is 0 Å². The van der Waals surface area contributed by atoms with Gasteiger partial charge in [-0.25, -0.2) is 9.78 Å². The average Bonchev–Trinajstić information content (AvgIpc) is 2.53. The van der Waals surface area contributed by atoms with E-state index >= 15 is 0 Å². The van der Waals surface area contributed by atoms with Gasteiger partial charge in [-0.15, -0.1) is 0 Å². The topological polar surface area (TPSA) is 77.2 Å². The van der Waals surface area contributed by atoms with Gasteiger partial charge in [0, 0.05) is 13.0 Å². The number of nitrogens with zero attached hydrogens (tertiary/aromatic N) is 1. The molecule has 0 aliphatic carbocycles. The lowest BCUT2D eigenvalue weighted by molar-refractivity contribution is 0.140. The molecule has 0 fully saturated rings. The Kier molecular flexibility index (Phi) is 6.01. The summed E-state index contributed by atoms with van der Waals surface area (Å²) >= 11 is 0. The first-order valence-electron chi connectivity index (χ1n) is 7.31. The maximum atomic E-state index is 11.5. The molecule has 1 aromatic carbocycles. The van der Waals surface area contributed by atoms with Crippen molar-refractivity contribution in [1.29, 1.82) is 0 Å². The summed E-state index contributed by atoms with van der Waals surface area (Å²) in [6.07, 6.45) is 0.0595. The summed E-state index contributed by atoms with van der Waals surface area (Å²) in [5.74, 6) is 6.33. The van der Waals surface area contributed by atoms with Gasteiger partial charge < -0.3 is 15.8 Å². The Hall–Kier alpha value is -3.00. The number of amides is 1. The van der Waals surface area contributed by atoms with Crippen molar-refractivity contribution in [2.45, 2.75) is 20.0 Å². The van der Waals surface area contributed by atoms with Gasteiger partial charge in [0.2, 0.25) is 0 Å². The summed E-state index contributed by atoms with van der Waals surface area (Å²) in [5.41, 5.74) is 8.26. The monoisotopic (exact) mass is 309 g/mol. The fraction of sp³-hybridized carbons (Fsp3) is 0.222. The molecule has 1 aromatic heterocycles. The maximum absolute atomic E-state index is 11.5. The van der Waals surface area contributed by atoms with Crippen LogP contribution >= 0.6 is 0 Å². The van der Waals surface area contributed by atoms with Crippen LogP contribution in [0.4, 0.5) is 10.6 Å². The van der Waals surface area contributed by atoms with E-state index in [0.29, 0.717) is 24.5 Å². The zero-order valence-electron chi connectivity index (χ0n) is 13.0. The van der Waals surface area contributed by atoms with Gasteiger partial charge in [0.25, 0.3) is 0 Å². The molecule has 2 aromatic rings. The molecule has 3 N–H and O–H groups in total. The predicted octanol–water partition coefficient (Wildman–Crippen LogP) is 2.64. The van der Waals surface area contributed by atoms with Crippen molar-refractivity contribution in [2.24, 2.45) is 0 Å². The minimum Gasteiger partial charge on any atom is -0.445 e. The second-order valence-electron chi connectivity index (χ2n) is 4.99. The Balaban J connectivity index is 1.69. The molecule has 0 saturated carbocycles. The molecule has 0 unspecified atom stereocenters. The van der Waals surface area contributed by atoms with Gasteiger partial charge in [-0.2, -0.15) is 0 Å². The molecule has 2 rings (SSSR count).